The molecule has 0 rings (SSSR count). The van der Waals surface area contributed by atoms with E-state index >= 15 is 0 Å². The van der Waals surface area contributed by atoms with Crippen LogP contribution in [-0.4, -0.2) is 37.4 Å². The van der Waals surface area contributed by atoms with Gasteiger partial charge >= 0.3 is 0 Å². The summed E-state index contributed by atoms with van der Waals surface area (Å²) < 4.78 is 0. The number of nitriles is 1. The largest absolute Gasteiger partial charge is 0.359 e. The van der Waals surface area contributed by atoms with E-state index in [2.05, 4.69) is 5.32 Å². The quantitative estimate of drug-likeness (QED) is 0.638. The van der Waals surface area contributed by atoms with Gasteiger partial charge in [0.2, 0.25) is 11.8 Å². The smallest absolute Gasteiger partial charge is 0.236 e. The fourth-order valence-corrected chi connectivity index (χ4v) is 0.722. The van der Waals surface area contributed by atoms with Gasteiger partial charge < -0.3 is 10.2 Å². The van der Waals surface area contributed by atoms with Crippen LogP contribution in [0.1, 0.15) is 12.8 Å². The summed E-state index contributed by atoms with van der Waals surface area (Å²) in [7, 11) is 3.11. The molecule has 0 aliphatic carbocycles. The average molecular weight is 183 g/mol. The van der Waals surface area contributed by atoms with Gasteiger partial charge in [-0.3, -0.25) is 9.59 Å². The molecule has 2 amide bonds. The highest BCUT2D eigenvalue weighted by molar-refractivity contribution is 5.79. The lowest BCUT2D eigenvalue weighted by Gasteiger charge is -2.14. The predicted octanol–water partition coefficient (Wildman–Crippen LogP) is -0.505. The summed E-state index contributed by atoms with van der Waals surface area (Å²) in [6, 6.07) is 1.76. The number of carbonyl (C=O) groups excluding carboxylic acids is 2. The van der Waals surface area contributed by atoms with Crippen molar-refractivity contribution in [2.75, 3.05) is 20.6 Å². The fraction of sp³-hybridized carbons (Fsp3) is 0.625. The Morgan fingerprint density at radius 1 is 1.54 bits per heavy atom. The van der Waals surface area contributed by atoms with Crippen LogP contribution >= 0.6 is 0 Å². The van der Waals surface area contributed by atoms with E-state index < -0.39 is 0 Å². The molecule has 72 valence electrons. The van der Waals surface area contributed by atoms with E-state index in [0.717, 1.165) is 0 Å². The minimum absolute atomic E-state index is 0.114. The fourth-order valence-electron chi connectivity index (χ4n) is 0.722. The first kappa shape index (κ1) is 11.4. The average Bonchev–Trinajstić information content (AvgIpc) is 2.13. The predicted molar refractivity (Wildman–Crippen MR) is 46.6 cm³/mol. The zero-order valence-corrected chi connectivity index (χ0v) is 7.83. The number of nitrogens with one attached hydrogen (secondary N) is 1. The van der Waals surface area contributed by atoms with E-state index in [9.17, 15) is 9.59 Å². The Hall–Kier alpha value is -1.57. The van der Waals surface area contributed by atoms with Crippen LogP contribution in [0.15, 0.2) is 0 Å². The lowest BCUT2D eigenvalue weighted by Crippen LogP contribution is -2.30. The van der Waals surface area contributed by atoms with Gasteiger partial charge in [0.15, 0.2) is 0 Å². The van der Waals surface area contributed by atoms with Crippen molar-refractivity contribution in [1.29, 1.82) is 5.26 Å². The Kier molecular flexibility index (Phi) is 5.28. The number of hydrogen-bond acceptors (Lipinski definition) is 3. The normalized spacial score (nSPS) is 8.69. The maximum absolute atomic E-state index is 11.0. The highest BCUT2D eigenvalue weighted by Crippen LogP contribution is 1.91. The monoisotopic (exact) mass is 183 g/mol. The van der Waals surface area contributed by atoms with E-state index in [4.69, 9.17) is 5.26 Å². The molecule has 0 aromatic carbocycles. The van der Waals surface area contributed by atoms with Crippen molar-refractivity contribution in [2.45, 2.75) is 12.8 Å². The summed E-state index contributed by atoms with van der Waals surface area (Å²) in [6.07, 6.45) is 0.133. The van der Waals surface area contributed by atoms with Crippen LogP contribution in [0, 0.1) is 11.3 Å². The maximum Gasteiger partial charge on any atom is 0.236 e. The summed E-state index contributed by atoms with van der Waals surface area (Å²) in [5.74, 6) is -0.372. The van der Waals surface area contributed by atoms with Crippen molar-refractivity contribution < 1.29 is 9.59 Å². The van der Waals surface area contributed by atoms with E-state index in [1.54, 1.807) is 20.2 Å². The van der Waals surface area contributed by atoms with Crippen LogP contribution in [0.2, 0.25) is 0 Å². The van der Waals surface area contributed by atoms with Gasteiger partial charge in [-0.25, -0.2) is 0 Å². The van der Waals surface area contributed by atoms with E-state index in [1.165, 1.54) is 4.90 Å². The Morgan fingerprint density at radius 2 is 2.15 bits per heavy atom. The van der Waals surface area contributed by atoms with Gasteiger partial charge in [-0.1, -0.05) is 0 Å². The number of amides is 2. The summed E-state index contributed by atoms with van der Waals surface area (Å²) in [5, 5.41) is 10.7. The Morgan fingerprint density at radius 3 is 2.62 bits per heavy atom. The SMILES string of the molecule is CNC(=O)CCN(C)C(=O)CC#N. The van der Waals surface area contributed by atoms with Crippen molar-refractivity contribution in [3.8, 4) is 6.07 Å². The van der Waals surface area contributed by atoms with Gasteiger partial charge in [-0.15, -0.1) is 0 Å². The third kappa shape index (κ3) is 4.80. The zero-order valence-electron chi connectivity index (χ0n) is 7.83. The highest BCUT2D eigenvalue weighted by atomic mass is 16.2. The van der Waals surface area contributed by atoms with Crippen LogP contribution in [-0.2, 0) is 9.59 Å². The van der Waals surface area contributed by atoms with Gasteiger partial charge in [-0.2, -0.15) is 5.26 Å². The molecular weight excluding hydrogens is 170 g/mol. The van der Waals surface area contributed by atoms with Gasteiger partial charge in [-0.05, 0) is 0 Å². The molecular formula is C8H13N3O2. The molecule has 0 spiro atoms. The van der Waals surface area contributed by atoms with Crippen LogP contribution in [0.5, 0.6) is 0 Å². The number of rotatable bonds is 4. The van der Waals surface area contributed by atoms with Gasteiger partial charge in [0.05, 0.1) is 6.07 Å². The van der Waals surface area contributed by atoms with Crippen molar-refractivity contribution in [3.63, 3.8) is 0 Å². The minimum atomic E-state index is -0.258. The van der Waals surface area contributed by atoms with E-state index in [0.29, 0.717) is 6.54 Å². The van der Waals surface area contributed by atoms with E-state index in [1.807, 2.05) is 0 Å². The summed E-state index contributed by atoms with van der Waals surface area (Å²) >= 11 is 0. The van der Waals surface area contributed by atoms with Crippen molar-refractivity contribution in [1.82, 2.24) is 10.2 Å². The van der Waals surface area contributed by atoms with E-state index in [-0.39, 0.29) is 24.7 Å². The van der Waals surface area contributed by atoms with Crippen LogP contribution in [0.4, 0.5) is 0 Å². The van der Waals surface area contributed by atoms with Crippen LogP contribution < -0.4 is 5.32 Å². The third-order valence-electron chi connectivity index (χ3n) is 1.61. The molecule has 13 heavy (non-hydrogen) atoms. The summed E-state index contributed by atoms with van der Waals surface area (Å²) in [5.41, 5.74) is 0. The first-order valence-corrected chi connectivity index (χ1v) is 3.93. The van der Waals surface area contributed by atoms with Gasteiger partial charge in [0.25, 0.3) is 0 Å². The van der Waals surface area contributed by atoms with Crippen LogP contribution in [0.3, 0.4) is 0 Å². The molecule has 0 aromatic rings. The molecule has 0 radical (unpaired) electrons. The Bertz CT molecular complexity index is 232. The summed E-state index contributed by atoms with van der Waals surface area (Å²) in [6.45, 7) is 0.347. The van der Waals surface area contributed by atoms with Crippen LogP contribution in [0.25, 0.3) is 0 Å². The Labute approximate surface area is 77.3 Å². The van der Waals surface area contributed by atoms with Crippen molar-refractivity contribution in [3.05, 3.63) is 0 Å². The highest BCUT2D eigenvalue weighted by Gasteiger charge is 2.08. The van der Waals surface area contributed by atoms with Gasteiger partial charge in [0.1, 0.15) is 6.42 Å². The molecule has 0 aromatic heterocycles. The molecule has 0 bridgehead atoms. The lowest BCUT2D eigenvalue weighted by molar-refractivity contribution is -0.129. The topological polar surface area (TPSA) is 73.2 Å². The molecule has 5 nitrogen and oxygen atoms in total. The first-order valence-electron chi connectivity index (χ1n) is 3.93. The molecule has 0 aliphatic rings. The Balaban J connectivity index is 3.75. The molecule has 0 atom stereocenters. The maximum atomic E-state index is 11.0. The zero-order chi connectivity index (χ0) is 10.3. The minimum Gasteiger partial charge on any atom is -0.359 e. The number of nitrogens with zero attached hydrogens (tertiary/aromatic N) is 2. The molecule has 0 fully saturated rings. The number of hydrogen-bond donors (Lipinski definition) is 1. The molecule has 0 aliphatic heterocycles. The first-order chi connectivity index (χ1) is 6.11. The molecule has 5 heteroatoms. The summed E-state index contributed by atoms with van der Waals surface area (Å²) in [4.78, 5) is 23.2. The second kappa shape index (κ2) is 6.00. The molecule has 1 N–H and O–H groups in total. The molecule has 0 unspecified atom stereocenters. The standard InChI is InChI=1S/C8H13N3O2/c1-10-7(12)4-6-11(2)8(13)3-5-9/h3-4,6H2,1-2H3,(H,10,12). The third-order valence-corrected chi connectivity index (χ3v) is 1.61. The van der Waals surface area contributed by atoms with Crippen molar-refractivity contribution >= 4 is 11.8 Å². The lowest BCUT2D eigenvalue weighted by atomic mass is 10.3. The second-order valence-corrected chi connectivity index (χ2v) is 2.57. The van der Waals surface area contributed by atoms with Crippen molar-refractivity contribution in [2.24, 2.45) is 0 Å². The molecule has 0 saturated carbocycles. The number of carbonyl (C=O) groups is 2. The molecule has 0 heterocycles. The molecule has 0 saturated heterocycles. The second-order valence-electron chi connectivity index (χ2n) is 2.57. The van der Waals surface area contributed by atoms with Gasteiger partial charge in [0, 0.05) is 27.1 Å².